The molecular formula is C16H13Br2F3. The second kappa shape index (κ2) is 6.97. The molecule has 0 radical (unpaired) electrons. The number of halogens is 5. The van der Waals surface area contributed by atoms with E-state index >= 15 is 0 Å². The van der Waals surface area contributed by atoms with E-state index < -0.39 is 17.0 Å². The average molecular weight is 422 g/mol. The van der Waals surface area contributed by atoms with Crippen LogP contribution < -0.4 is 0 Å². The second-order valence-electron chi connectivity index (χ2n) is 4.95. The summed E-state index contributed by atoms with van der Waals surface area (Å²) < 4.78 is 40.5. The Labute approximate surface area is 138 Å². The molecule has 0 saturated heterocycles. The van der Waals surface area contributed by atoms with Gasteiger partial charge in [0.05, 0.1) is 0 Å². The monoisotopic (exact) mass is 420 g/mol. The topological polar surface area (TPSA) is 0 Å². The van der Waals surface area contributed by atoms with E-state index in [0.29, 0.717) is 28.2 Å². The summed E-state index contributed by atoms with van der Waals surface area (Å²) in [4.78, 5) is 0. The first-order chi connectivity index (χ1) is 10.0. The van der Waals surface area contributed by atoms with Crippen LogP contribution in [-0.2, 0) is 11.8 Å². The number of hydrogen-bond acceptors (Lipinski definition) is 0. The lowest BCUT2D eigenvalue weighted by molar-refractivity contribution is 0.489. The van der Waals surface area contributed by atoms with Crippen molar-refractivity contribution >= 4 is 31.9 Å². The number of rotatable bonds is 5. The molecule has 0 aliphatic heterocycles. The Morgan fingerprint density at radius 3 is 2.05 bits per heavy atom. The lowest BCUT2D eigenvalue weighted by atomic mass is 9.79. The van der Waals surface area contributed by atoms with Crippen molar-refractivity contribution in [2.75, 3.05) is 10.7 Å². The standard InChI is InChI=1S/C16H13Br2F3/c17-9-16(10-18,12-3-1-2-4-13(12)19)8-11-5-6-14(20)15(21)7-11/h1-7H,8-10H2. The van der Waals surface area contributed by atoms with Gasteiger partial charge in [-0.15, -0.1) is 0 Å². The molecule has 0 spiro atoms. The molecule has 2 aromatic rings. The highest BCUT2D eigenvalue weighted by Gasteiger charge is 2.33. The molecule has 0 aliphatic rings. The molecular weight excluding hydrogens is 409 g/mol. The fourth-order valence-corrected chi connectivity index (χ4v) is 4.23. The van der Waals surface area contributed by atoms with Crippen molar-refractivity contribution < 1.29 is 13.2 Å². The van der Waals surface area contributed by atoms with Gasteiger partial charge in [0, 0.05) is 16.1 Å². The summed E-state index contributed by atoms with van der Waals surface area (Å²) in [5, 5.41) is 0.982. The first kappa shape index (κ1) is 16.6. The molecule has 0 atom stereocenters. The van der Waals surface area contributed by atoms with Gasteiger partial charge in [0.1, 0.15) is 5.82 Å². The first-order valence-corrected chi connectivity index (χ1v) is 8.57. The molecule has 112 valence electrons. The first-order valence-electron chi connectivity index (χ1n) is 6.33. The zero-order valence-electron chi connectivity index (χ0n) is 11.1. The summed E-state index contributed by atoms with van der Waals surface area (Å²) in [5.41, 5.74) is 0.592. The largest absolute Gasteiger partial charge is 0.207 e. The molecule has 0 aromatic heterocycles. The minimum atomic E-state index is -0.890. The second-order valence-corrected chi connectivity index (χ2v) is 6.07. The van der Waals surface area contributed by atoms with Crippen molar-refractivity contribution in [3.8, 4) is 0 Å². The minimum Gasteiger partial charge on any atom is -0.207 e. The Kier molecular flexibility index (Phi) is 5.49. The van der Waals surface area contributed by atoms with Crippen LogP contribution in [-0.4, -0.2) is 10.7 Å². The summed E-state index contributed by atoms with van der Waals surface area (Å²) in [7, 11) is 0. The lowest BCUT2D eigenvalue weighted by Crippen LogP contribution is -2.34. The van der Waals surface area contributed by atoms with Crippen LogP contribution in [0.1, 0.15) is 11.1 Å². The Bertz CT molecular complexity index is 625. The Balaban J connectivity index is 2.43. The van der Waals surface area contributed by atoms with Gasteiger partial charge in [0.15, 0.2) is 11.6 Å². The molecule has 21 heavy (non-hydrogen) atoms. The predicted molar refractivity (Wildman–Crippen MR) is 85.7 cm³/mol. The normalized spacial score (nSPS) is 11.7. The van der Waals surface area contributed by atoms with Crippen molar-refractivity contribution in [3.63, 3.8) is 0 Å². The van der Waals surface area contributed by atoms with Gasteiger partial charge < -0.3 is 0 Å². The molecule has 0 saturated carbocycles. The van der Waals surface area contributed by atoms with Crippen LogP contribution in [0.2, 0.25) is 0 Å². The van der Waals surface area contributed by atoms with Crippen molar-refractivity contribution in [1.29, 1.82) is 0 Å². The minimum absolute atomic E-state index is 0.306. The van der Waals surface area contributed by atoms with Gasteiger partial charge in [-0.05, 0) is 35.7 Å². The van der Waals surface area contributed by atoms with Gasteiger partial charge in [0.2, 0.25) is 0 Å². The maximum absolute atomic E-state index is 14.1. The third-order valence-electron chi connectivity index (χ3n) is 3.48. The van der Waals surface area contributed by atoms with Crippen molar-refractivity contribution in [1.82, 2.24) is 0 Å². The molecule has 0 amide bonds. The SMILES string of the molecule is Fc1ccc(CC(CBr)(CBr)c2ccccc2F)cc1F. The van der Waals surface area contributed by atoms with Crippen LogP contribution in [0, 0.1) is 17.5 Å². The fourth-order valence-electron chi connectivity index (χ4n) is 2.30. The Hall–Kier alpha value is -0.810. The van der Waals surface area contributed by atoms with E-state index in [-0.39, 0.29) is 5.82 Å². The molecule has 2 rings (SSSR count). The van der Waals surface area contributed by atoms with Crippen LogP contribution in [0.3, 0.4) is 0 Å². The van der Waals surface area contributed by atoms with Crippen molar-refractivity contribution in [2.24, 2.45) is 0 Å². The van der Waals surface area contributed by atoms with Gasteiger partial charge in [-0.3, -0.25) is 0 Å². The van der Waals surface area contributed by atoms with Crippen LogP contribution >= 0.6 is 31.9 Å². The maximum atomic E-state index is 14.1. The molecule has 0 fully saturated rings. The van der Waals surface area contributed by atoms with E-state index in [0.717, 1.165) is 12.1 Å². The highest BCUT2D eigenvalue weighted by molar-refractivity contribution is 9.09. The molecule has 0 bridgehead atoms. The highest BCUT2D eigenvalue weighted by Crippen LogP contribution is 2.34. The van der Waals surface area contributed by atoms with E-state index in [1.165, 1.54) is 12.1 Å². The van der Waals surface area contributed by atoms with Crippen LogP contribution in [0.5, 0.6) is 0 Å². The van der Waals surface area contributed by atoms with E-state index in [1.807, 2.05) is 0 Å². The third kappa shape index (κ3) is 3.51. The summed E-state index contributed by atoms with van der Waals surface area (Å²) in [6, 6.07) is 10.3. The zero-order valence-corrected chi connectivity index (χ0v) is 14.2. The predicted octanol–water partition coefficient (Wildman–Crippen LogP) is 5.37. The summed E-state index contributed by atoms with van der Waals surface area (Å²) in [6.07, 6.45) is 0.391. The Morgan fingerprint density at radius 1 is 0.810 bits per heavy atom. The fraction of sp³-hybridized carbons (Fsp3) is 0.250. The lowest BCUT2D eigenvalue weighted by Gasteiger charge is -2.31. The van der Waals surface area contributed by atoms with Crippen LogP contribution in [0.15, 0.2) is 42.5 Å². The maximum Gasteiger partial charge on any atom is 0.159 e. The van der Waals surface area contributed by atoms with E-state index in [9.17, 15) is 13.2 Å². The highest BCUT2D eigenvalue weighted by atomic mass is 79.9. The molecule has 0 aliphatic carbocycles. The Morgan fingerprint density at radius 2 is 1.48 bits per heavy atom. The summed E-state index contributed by atoms with van der Waals surface area (Å²) in [5.74, 6) is -2.08. The molecule has 2 aromatic carbocycles. The zero-order chi connectivity index (χ0) is 15.5. The molecule has 5 heteroatoms. The van der Waals surface area contributed by atoms with Crippen LogP contribution in [0.4, 0.5) is 13.2 Å². The number of hydrogen-bond donors (Lipinski definition) is 0. The smallest absolute Gasteiger partial charge is 0.159 e. The van der Waals surface area contributed by atoms with Gasteiger partial charge in [0.25, 0.3) is 0 Å². The molecule has 0 heterocycles. The van der Waals surface area contributed by atoms with Gasteiger partial charge in [-0.25, -0.2) is 13.2 Å². The molecule has 0 nitrogen and oxygen atoms in total. The molecule has 0 N–H and O–H groups in total. The third-order valence-corrected chi connectivity index (χ3v) is 5.63. The van der Waals surface area contributed by atoms with Crippen molar-refractivity contribution in [2.45, 2.75) is 11.8 Å². The van der Waals surface area contributed by atoms with Crippen molar-refractivity contribution in [3.05, 3.63) is 71.0 Å². The van der Waals surface area contributed by atoms with Gasteiger partial charge >= 0.3 is 0 Å². The van der Waals surface area contributed by atoms with E-state index in [4.69, 9.17) is 0 Å². The van der Waals surface area contributed by atoms with E-state index in [2.05, 4.69) is 31.9 Å². The number of benzene rings is 2. The summed E-state index contributed by atoms with van der Waals surface area (Å²) >= 11 is 6.86. The van der Waals surface area contributed by atoms with E-state index in [1.54, 1.807) is 18.2 Å². The average Bonchev–Trinajstić information content (AvgIpc) is 2.49. The quantitative estimate of drug-likeness (QED) is 0.569. The number of alkyl halides is 2. The van der Waals surface area contributed by atoms with Gasteiger partial charge in [-0.1, -0.05) is 56.1 Å². The van der Waals surface area contributed by atoms with Crippen LogP contribution in [0.25, 0.3) is 0 Å². The molecule has 0 unspecified atom stereocenters. The van der Waals surface area contributed by atoms with Gasteiger partial charge in [-0.2, -0.15) is 0 Å². The summed E-state index contributed by atoms with van der Waals surface area (Å²) in [6.45, 7) is 0.